The van der Waals surface area contributed by atoms with E-state index >= 15 is 0 Å². The molecule has 0 radical (unpaired) electrons. The lowest BCUT2D eigenvalue weighted by molar-refractivity contribution is 0.0459. The number of aryl methyl sites for hydroxylation is 1. The fourth-order valence-corrected chi connectivity index (χ4v) is 2.65. The van der Waals surface area contributed by atoms with E-state index in [2.05, 4.69) is 27.7 Å². The molecule has 1 aromatic rings. The number of rotatable bonds is 11. The standard InChI is InChI=1S/C19H32O3.H3P/c1-5-9-12-16-15(8-4)18(19(20)21-14-11-7-3)22-17(16)13-10-6-2;/h5-14H2,1-4H3;1H3. The second-order valence-electron chi connectivity index (χ2n) is 5.86. The molecule has 1 heterocycles. The van der Waals surface area contributed by atoms with Gasteiger partial charge in [0.25, 0.3) is 0 Å². The van der Waals surface area contributed by atoms with Gasteiger partial charge in [0.2, 0.25) is 5.76 Å². The van der Waals surface area contributed by atoms with E-state index in [0.29, 0.717) is 12.4 Å². The molecule has 0 aromatic carbocycles. The third-order valence-corrected chi connectivity index (χ3v) is 4.01. The highest BCUT2D eigenvalue weighted by molar-refractivity contribution is 6.92. The number of hydrogen-bond acceptors (Lipinski definition) is 3. The summed E-state index contributed by atoms with van der Waals surface area (Å²) in [7, 11) is 0. The summed E-state index contributed by atoms with van der Waals surface area (Å²) in [6.07, 6.45) is 9.19. The minimum Gasteiger partial charge on any atom is -0.460 e. The summed E-state index contributed by atoms with van der Waals surface area (Å²) in [4.78, 5) is 12.3. The number of unbranched alkanes of at least 4 members (excludes halogenated alkanes) is 3. The lowest BCUT2D eigenvalue weighted by Crippen LogP contribution is -2.08. The molecule has 1 rings (SSSR count). The quantitative estimate of drug-likeness (QED) is 0.301. The van der Waals surface area contributed by atoms with Crippen LogP contribution in [0.1, 0.15) is 93.7 Å². The van der Waals surface area contributed by atoms with Crippen LogP contribution in [0.3, 0.4) is 0 Å². The van der Waals surface area contributed by atoms with Gasteiger partial charge in [-0.25, -0.2) is 4.79 Å². The maximum atomic E-state index is 12.3. The van der Waals surface area contributed by atoms with Crippen LogP contribution < -0.4 is 0 Å². The Bertz CT molecular complexity index is 452. The Morgan fingerprint density at radius 3 is 2.09 bits per heavy atom. The van der Waals surface area contributed by atoms with E-state index < -0.39 is 0 Å². The number of carbonyl (C=O) groups excluding carboxylic acids is 1. The van der Waals surface area contributed by atoms with Gasteiger partial charge in [-0.1, -0.05) is 47.0 Å². The van der Waals surface area contributed by atoms with E-state index in [-0.39, 0.29) is 15.9 Å². The highest BCUT2D eigenvalue weighted by Gasteiger charge is 2.24. The van der Waals surface area contributed by atoms with Crippen molar-refractivity contribution in [2.24, 2.45) is 0 Å². The SMILES string of the molecule is CCCCOC(=O)c1oc(CCCC)c(CCCC)c1CC.P. The molecule has 4 heteroatoms. The van der Waals surface area contributed by atoms with Gasteiger partial charge in [-0.2, -0.15) is 9.90 Å². The summed E-state index contributed by atoms with van der Waals surface area (Å²) < 4.78 is 11.3. The van der Waals surface area contributed by atoms with Crippen molar-refractivity contribution in [3.63, 3.8) is 0 Å². The lowest BCUT2D eigenvalue weighted by atomic mass is 9.98. The second kappa shape index (κ2) is 12.6. The fourth-order valence-electron chi connectivity index (χ4n) is 2.65. The molecule has 1 unspecified atom stereocenters. The zero-order valence-corrected chi connectivity index (χ0v) is 16.9. The van der Waals surface area contributed by atoms with Gasteiger partial charge >= 0.3 is 5.97 Å². The minimum atomic E-state index is -0.286. The van der Waals surface area contributed by atoms with Gasteiger partial charge in [0.15, 0.2) is 0 Å². The zero-order chi connectivity index (χ0) is 16.4. The first kappa shape index (κ1) is 22.2. The molecule has 1 aromatic heterocycles. The average molecular weight is 342 g/mol. The van der Waals surface area contributed by atoms with Crippen LogP contribution in [0, 0.1) is 0 Å². The van der Waals surface area contributed by atoms with E-state index in [1.807, 2.05) is 0 Å². The number of carbonyl (C=O) groups is 1. The highest BCUT2D eigenvalue weighted by Crippen LogP contribution is 2.27. The predicted octanol–water partition coefficient (Wildman–Crippen LogP) is 5.54. The van der Waals surface area contributed by atoms with Gasteiger partial charge in [-0.05, 0) is 37.7 Å². The highest BCUT2D eigenvalue weighted by atomic mass is 31.0. The van der Waals surface area contributed by atoms with Crippen molar-refractivity contribution in [3.05, 3.63) is 22.6 Å². The number of esters is 1. The van der Waals surface area contributed by atoms with Gasteiger partial charge < -0.3 is 9.15 Å². The summed E-state index contributed by atoms with van der Waals surface area (Å²) in [5, 5.41) is 0. The Morgan fingerprint density at radius 1 is 0.913 bits per heavy atom. The third-order valence-electron chi connectivity index (χ3n) is 4.01. The number of hydrogen-bond donors (Lipinski definition) is 0. The van der Waals surface area contributed by atoms with Crippen molar-refractivity contribution >= 4 is 15.9 Å². The van der Waals surface area contributed by atoms with Crippen molar-refractivity contribution in [2.75, 3.05) is 6.61 Å². The molecule has 0 bridgehead atoms. The Morgan fingerprint density at radius 2 is 1.52 bits per heavy atom. The van der Waals surface area contributed by atoms with Crippen LogP contribution in [0.4, 0.5) is 0 Å². The van der Waals surface area contributed by atoms with Crippen molar-refractivity contribution in [3.8, 4) is 0 Å². The molecule has 134 valence electrons. The molecule has 0 spiro atoms. The van der Waals surface area contributed by atoms with E-state index in [4.69, 9.17) is 9.15 Å². The molecule has 0 aliphatic rings. The summed E-state index contributed by atoms with van der Waals surface area (Å²) in [5.74, 6) is 1.18. The van der Waals surface area contributed by atoms with Crippen LogP contribution in [-0.4, -0.2) is 12.6 Å². The molecule has 0 amide bonds. The van der Waals surface area contributed by atoms with Crippen LogP contribution >= 0.6 is 9.90 Å². The van der Waals surface area contributed by atoms with Crippen molar-refractivity contribution in [1.82, 2.24) is 0 Å². The molecule has 0 saturated carbocycles. The van der Waals surface area contributed by atoms with E-state index in [0.717, 1.165) is 69.1 Å². The zero-order valence-electron chi connectivity index (χ0n) is 15.5. The molecule has 0 aliphatic heterocycles. The molecule has 23 heavy (non-hydrogen) atoms. The molecule has 0 fully saturated rings. The molecule has 0 N–H and O–H groups in total. The largest absolute Gasteiger partial charge is 0.460 e. The van der Waals surface area contributed by atoms with Gasteiger partial charge in [-0.3, -0.25) is 0 Å². The Kier molecular flexibility index (Phi) is 12.1. The first-order valence-corrected chi connectivity index (χ1v) is 8.99. The second-order valence-corrected chi connectivity index (χ2v) is 5.86. The predicted molar refractivity (Wildman–Crippen MR) is 102 cm³/mol. The molecular formula is C19H35O3P. The summed E-state index contributed by atoms with van der Waals surface area (Å²) in [6.45, 7) is 9.02. The van der Waals surface area contributed by atoms with Crippen molar-refractivity contribution < 1.29 is 13.9 Å². The van der Waals surface area contributed by atoms with Crippen molar-refractivity contribution in [2.45, 2.75) is 85.5 Å². The molecule has 0 aliphatic carbocycles. The molecule has 3 nitrogen and oxygen atoms in total. The Hall–Kier alpha value is -0.820. The fraction of sp³-hybridized carbons (Fsp3) is 0.737. The van der Waals surface area contributed by atoms with E-state index in [9.17, 15) is 4.79 Å². The summed E-state index contributed by atoms with van der Waals surface area (Å²) >= 11 is 0. The van der Waals surface area contributed by atoms with Gasteiger partial charge in [-0.15, -0.1) is 0 Å². The number of ether oxygens (including phenoxy) is 1. The normalized spacial score (nSPS) is 10.4. The van der Waals surface area contributed by atoms with Crippen molar-refractivity contribution in [1.29, 1.82) is 0 Å². The average Bonchev–Trinajstić information content (AvgIpc) is 2.88. The minimum absolute atomic E-state index is 0. The summed E-state index contributed by atoms with van der Waals surface area (Å²) in [6, 6.07) is 0. The van der Waals surface area contributed by atoms with Gasteiger partial charge in [0, 0.05) is 12.0 Å². The van der Waals surface area contributed by atoms with Crippen LogP contribution in [0.2, 0.25) is 0 Å². The van der Waals surface area contributed by atoms with Crippen LogP contribution in [0.25, 0.3) is 0 Å². The first-order chi connectivity index (χ1) is 10.7. The maximum absolute atomic E-state index is 12.3. The van der Waals surface area contributed by atoms with Crippen LogP contribution in [-0.2, 0) is 24.0 Å². The smallest absolute Gasteiger partial charge is 0.374 e. The first-order valence-electron chi connectivity index (χ1n) is 8.99. The summed E-state index contributed by atoms with van der Waals surface area (Å²) in [5.41, 5.74) is 2.33. The number of furan rings is 1. The van der Waals surface area contributed by atoms with Crippen LogP contribution in [0.5, 0.6) is 0 Å². The van der Waals surface area contributed by atoms with Gasteiger partial charge in [0.05, 0.1) is 6.61 Å². The van der Waals surface area contributed by atoms with E-state index in [1.165, 1.54) is 5.56 Å². The maximum Gasteiger partial charge on any atom is 0.374 e. The third kappa shape index (κ3) is 6.67. The molecule has 0 saturated heterocycles. The molecular weight excluding hydrogens is 307 g/mol. The molecule has 1 atom stereocenters. The topological polar surface area (TPSA) is 39.4 Å². The Labute approximate surface area is 145 Å². The van der Waals surface area contributed by atoms with E-state index in [1.54, 1.807) is 0 Å². The lowest BCUT2D eigenvalue weighted by Gasteiger charge is -2.04. The van der Waals surface area contributed by atoms with Crippen LogP contribution in [0.15, 0.2) is 4.42 Å². The monoisotopic (exact) mass is 342 g/mol. The Balaban J connectivity index is 0.00000484. The van der Waals surface area contributed by atoms with Gasteiger partial charge in [0.1, 0.15) is 5.76 Å².